The molecule has 23 heavy (non-hydrogen) atoms. The van der Waals surface area contributed by atoms with Crippen molar-refractivity contribution in [1.82, 2.24) is 19.7 Å². The highest BCUT2D eigenvalue weighted by molar-refractivity contribution is 7.99. The van der Waals surface area contributed by atoms with E-state index in [1.165, 1.54) is 17.3 Å². The molecule has 1 aromatic heterocycles. The Hall–Kier alpha value is -1.86. The van der Waals surface area contributed by atoms with Crippen LogP contribution >= 0.6 is 11.8 Å². The van der Waals surface area contributed by atoms with Gasteiger partial charge < -0.3 is 9.64 Å². The first kappa shape index (κ1) is 17.5. The van der Waals surface area contributed by atoms with Gasteiger partial charge in [0.1, 0.15) is 0 Å². The molecule has 0 atom stereocenters. The molecule has 124 valence electrons. The van der Waals surface area contributed by atoms with Gasteiger partial charge in [0.2, 0.25) is 5.91 Å². The van der Waals surface area contributed by atoms with Crippen LogP contribution in [0.2, 0.25) is 0 Å². The molecule has 6 nitrogen and oxygen atoms in total. The van der Waals surface area contributed by atoms with Gasteiger partial charge in [-0.25, -0.2) is 0 Å². The van der Waals surface area contributed by atoms with Crippen LogP contribution in [0.4, 0.5) is 0 Å². The van der Waals surface area contributed by atoms with Crippen LogP contribution < -0.4 is 0 Å². The normalized spacial score (nSPS) is 10.8. The van der Waals surface area contributed by atoms with Crippen LogP contribution in [0.25, 0.3) is 11.4 Å². The number of methoxy groups -OCH3 is 1. The summed E-state index contributed by atoms with van der Waals surface area (Å²) < 4.78 is 7.19. The Kier molecular flexibility index (Phi) is 6.18. The van der Waals surface area contributed by atoms with E-state index in [0.717, 1.165) is 16.5 Å². The Morgan fingerprint density at radius 1 is 1.35 bits per heavy atom. The Morgan fingerprint density at radius 3 is 2.78 bits per heavy atom. The molecule has 0 aliphatic carbocycles. The van der Waals surface area contributed by atoms with Gasteiger partial charge in [-0.05, 0) is 13.0 Å². The first-order valence-corrected chi connectivity index (χ1v) is 8.33. The van der Waals surface area contributed by atoms with Crippen LogP contribution in [-0.4, -0.2) is 59.1 Å². The van der Waals surface area contributed by atoms with E-state index in [-0.39, 0.29) is 5.91 Å². The molecular formula is C16H22N4O2S. The summed E-state index contributed by atoms with van der Waals surface area (Å²) in [4.78, 5) is 13.4. The number of benzene rings is 1. The number of hydrogen-bond acceptors (Lipinski definition) is 5. The third-order valence-corrected chi connectivity index (χ3v) is 4.29. The summed E-state index contributed by atoms with van der Waals surface area (Å²) in [7, 11) is 5.16. The average Bonchev–Trinajstić information content (AvgIpc) is 2.93. The fraction of sp³-hybridized carbons (Fsp3) is 0.438. The molecule has 2 aromatic rings. The number of carbonyl (C=O) groups is 1. The molecule has 1 amide bonds. The summed E-state index contributed by atoms with van der Waals surface area (Å²) in [5.74, 6) is 1.19. The standard InChI is InChI=1S/C16H22N4O2S/c1-12-6-5-7-13(10-12)15-17-18-16(20(15)8-9-22-4)23-11-14(21)19(2)3/h5-7,10H,8-9,11H2,1-4H3. The Labute approximate surface area is 140 Å². The average molecular weight is 334 g/mol. The largest absolute Gasteiger partial charge is 0.383 e. The van der Waals surface area contributed by atoms with Gasteiger partial charge in [0.05, 0.1) is 18.9 Å². The third kappa shape index (κ3) is 4.56. The zero-order chi connectivity index (χ0) is 16.8. The number of amides is 1. The minimum Gasteiger partial charge on any atom is -0.383 e. The maximum absolute atomic E-state index is 11.8. The summed E-state index contributed by atoms with van der Waals surface area (Å²) in [5.41, 5.74) is 2.18. The van der Waals surface area contributed by atoms with Gasteiger partial charge in [-0.3, -0.25) is 9.36 Å². The molecule has 0 unspecified atom stereocenters. The molecule has 1 heterocycles. The smallest absolute Gasteiger partial charge is 0.232 e. The summed E-state index contributed by atoms with van der Waals surface area (Å²) in [6.45, 7) is 3.25. The highest BCUT2D eigenvalue weighted by atomic mass is 32.2. The highest BCUT2D eigenvalue weighted by Crippen LogP contribution is 2.24. The fourth-order valence-electron chi connectivity index (χ4n) is 2.03. The lowest BCUT2D eigenvalue weighted by atomic mass is 10.1. The molecule has 0 bridgehead atoms. The van der Waals surface area contributed by atoms with Gasteiger partial charge in [-0.1, -0.05) is 35.5 Å². The third-order valence-electron chi connectivity index (χ3n) is 3.34. The lowest BCUT2D eigenvalue weighted by molar-refractivity contribution is -0.125. The second kappa shape index (κ2) is 8.12. The molecular weight excluding hydrogens is 312 g/mol. The van der Waals surface area contributed by atoms with Gasteiger partial charge >= 0.3 is 0 Å². The molecule has 7 heteroatoms. The maximum atomic E-state index is 11.8. The lowest BCUT2D eigenvalue weighted by Gasteiger charge is -2.11. The molecule has 0 radical (unpaired) electrons. The van der Waals surface area contributed by atoms with Crippen molar-refractivity contribution in [2.45, 2.75) is 18.6 Å². The van der Waals surface area contributed by atoms with Crippen LogP contribution in [0, 0.1) is 6.92 Å². The van der Waals surface area contributed by atoms with Crippen molar-refractivity contribution in [2.75, 3.05) is 33.6 Å². The van der Waals surface area contributed by atoms with Crippen molar-refractivity contribution >= 4 is 17.7 Å². The van der Waals surface area contributed by atoms with E-state index in [9.17, 15) is 4.79 Å². The van der Waals surface area contributed by atoms with Crippen molar-refractivity contribution in [2.24, 2.45) is 0 Å². The van der Waals surface area contributed by atoms with E-state index in [1.807, 2.05) is 29.7 Å². The van der Waals surface area contributed by atoms with Crippen molar-refractivity contribution in [3.63, 3.8) is 0 Å². The molecule has 1 aromatic carbocycles. The quantitative estimate of drug-likeness (QED) is 0.726. The second-order valence-electron chi connectivity index (χ2n) is 5.40. The summed E-state index contributed by atoms with van der Waals surface area (Å²) >= 11 is 1.40. The van der Waals surface area contributed by atoms with Gasteiger partial charge in [-0.15, -0.1) is 10.2 Å². The van der Waals surface area contributed by atoms with Crippen molar-refractivity contribution < 1.29 is 9.53 Å². The zero-order valence-electron chi connectivity index (χ0n) is 13.9. The van der Waals surface area contributed by atoms with E-state index < -0.39 is 0 Å². The van der Waals surface area contributed by atoms with E-state index >= 15 is 0 Å². The topological polar surface area (TPSA) is 60.2 Å². The fourth-order valence-corrected chi connectivity index (χ4v) is 2.98. The van der Waals surface area contributed by atoms with Crippen LogP contribution in [-0.2, 0) is 16.1 Å². The van der Waals surface area contributed by atoms with Gasteiger partial charge in [-0.2, -0.15) is 0 Å². The molecule has 0 saturated heterocycles. The summed E-state index contributed by atoms with van der Waals surface area (Å²) in [6.07, 6.45) is 0. The SMILES string of the molecule is COCCn1c(SCC(=O)N(C)C)nnc1-c1cccc(C)c1. The first-order valence-electron chi connectivity index (χ1n) is 7.35. The second-order valence-corrected chi connectivity index (χ2v) is 6.34. The number of aromatic nitrogens is 3. The molecule has 0 aliphatic rings. The van der Waals surface area contributed by atoms with Crippen LogP contribution in [0.1, 0.15) is 5.56 Å². The van der Waals surface area contributed by atoms with Crippen LogP contribution in [0.15, 0.2) is 29.4 Å². The number of thioether (sulfide) groups is 1. The number of ether oxygens (including phenoxy) is 1. The first-order chi connectivity index (χ1) is 11.0. The number of rotatable bonds is 7. The van der Waals surface area contributed by atoms with E-state index in [2.05, 4.69) is 16.3 Å². The Balaban J connectivity index is 2.27. The summed E-state index contributed by atoms with van der Waals surface area (Å²) in [5, 5.41) is 9.30. The summed E-state index contributed by atoms with van der Waals surface area (Å²) in [6, 6.07) is 8.14. The predicted octanol–water partition coefficient (Wildman–Crippen LogP) is 2.08. The highest BCUT2D eigenvalue weighted by Gasteiger charge is 2.16. The molecule has 0 aliphatic heterocycles. The molecule has 0 saturated carbocycles. The van der Waals surface area contributed by atoms with Crippen LogP contribution in [0.3, 0.4) is 0 Å². The molecule has 0 fully saturated rings. The van der Waals surface area contributed by atoms with Gasteiger partial charge in [0, 0.05) is 26.8 Å². The Bertz CT molecular complexity index is 670. The number of hydrogen-bond donors (Lipinski definition) is 0. The number of nitrogens with zero attached hydrogens (tertiary/aromatic N) is 4. The van der Waals surface area contributed by atoms with E-state index in [1.54, 1.807) is 26.1 Å². The number of carbonyl (C=O) groups excluding carboxylic acids is 1. The van der Waals surface area contributed by atoms with Crippen molar-refractivity contribution in [1.29, 1.82) is 0 Å². The Morgan fingerprint density at radius 2 is 2.13 bits per heavy atom. The van der Waals surface area contributed by atoms with Gasteiger partial charge in [0.25, 0.3) is 0 Å². The maximum Gasteiger partial charge on any atom is 0.232 e. The minimum absolute atomic E-state index is 0.0494. The van der Waals surface area contributed by atoms with E-state index in [0.29, 0.717) is 18.9 Å². The predicted molar refractivity (Wildman–Crippen MR) is 91.5 cm³/mol. The monoisotopic (exact) mass is 334 g/mol. The lowest BCUT2D eigenvalue weighted by Crippen LogP contribution is -2.23. The molecule has 0 spiro atoms. The minimum atomic E-state index is 0.0494. The molecule has 0 N–H and O–H groups in total. The van der Waals surface area contributed by atoms with Crippen molar-refractivity contribution in [3.05, 3.63) is 29.8 Å². The van der Waals surface area contributed by atoms with Crippen molar-refractivity contribution in [3.8, 4) is 11.4 Å². The molecule has 2 rings (SSSR count). The number of aryl methyl sites for hydroxylation is 1. The van der Waals surface area contributed by atoms with E-state index in [4.69, 9.17) is 4.74 Å². The zero-order valence-corrected chi connectivity index (χ0v) is 14.8. The van der Waals surface area contributed by atoms with Gasteiger partial charge in [0.15, 0.2) is 11.0 Å². The van der Waals surface area contributed by atoms with Crippen LogP contribution in [0.5, 0.6) is 0 Å².